The molecule has 0 unspecified atom stereocenters. The third kappa shape index (κ3) is 37.4. The number of nitriles is 1. The summed E-state index contributed by atoms with van der Waals surface area (Å²) in [5.41, 5.74) is -0.812. The van der Waals surface area contributed by atoms with E-state index in [-0.39, 0.29) is 6.61 Å². The molecule has 0 atom stereocenters. The molecule has 0 aromatic rings. The number of unbranched alkanes of at least 4 members (excludes halogenated alkanes) is 1. The van der Waals surface area contributed by atoms with Crippen LogP contribution >= 0.6 is 11.6 Å². The number of hydrogen-bond donors (Lipinski definition) is 2. The number of rotatable bonds is 3. The molecule has 7 heteroatoms. The standard InChI is InChI=1S/C5H6ClNO2.CH2O3/c6-5(8)9-4-2-1-3-7;2-1(3)4/h1-2,4H2;(H2,2,3,4). The number of ether oxygens (including phenoxy) is 1. The van der Waals surface area contributed by atoms with Crippen molar-refractivity contribution >= 4 is 23.2 Å². The van der Waals surface area contributed by atoms with Crippen LogP contribution in [0.2, 0.25) is 0 Å². The van der Waals surface area contributed by atoms with Gasteiger partial charge in [0.1, 0.15) is 0 Å². The van der Waals surface area contributed by atoms with Crippen molar-refractivity contribution in [2.24, 2.45) is 0 Å². The molecule has 13 heavy (non-hydrogen) atoms. The molecule has 0 rings (SSSR count). The summed E-state index contributed by atoms with van der Waals surface area (Å²) in [7, 11) is 0. The summed E-state index contributed by atoms with van der Waals surface area (Å²) in [6.07, 6.45) is -0.890. The van der Waals surface area contributed by atoms with E-state index in [1.807, 2.05) is 6.07 Å². The van der Waals surface area contributed by atoms with Crippen molar-refractivity contribution < 1.29 is 24.5 Å². The lowest BCUT2D eigenvalue weighted by molar-refractivity contribution is 0.137. The first-order valence-electron chi connectivity index (χ1n) is 3.11. The molecule has 0 spiro atoms. The zero-order valence-corrected chi connectivity index (χ0v) is 7.32. The number of carbonyl (C=O) groups is 2. The summed E-state index contributed by atoms with van der Waals surface area (Å²) in [5.74, 6) is 0. The number of halogens is 1. The molecule has 0 aliphatic carbocycles. The fourth-order valence-electron chi connectivity index (χ4n) is 0.304. The number of carboxylic acid groups (broad SMARTS) is 2. The van der Waals surface area contributed by atoms with Crippen molar-refractivity contribution in [2.75, 3.05) is 6.61 Å². The molecule has 0 saturated heterocycles. The fraction of sp³-hybridized carbons (Fsp3) is 0.500. The van der Waals surface area contributed by atoms with Gasteiger partial charge in [-0.3, -0.25) is 0 Å². The highest BCUT2D eigenvalue weighted by Crippen LogP contribution is 1.91. The van der Waals surface area contributed by atoms with E-state index >= 15 is 0 Å². The van der Waals surface area contributed by atoms with Gasteiger partial charge in [0, 0.05) is 18.0 Å². The smallest absolute Gasteiger partial charge is 0.454 e. The van der Waals surface area contributed by atoms with Crippen molar-refractivity contribution in [1.29, 1.82) is 5.26 Å². The molecule has 0 aromatic carbocycles. The molecular formula is C6H8ClNO5. The van der Waals surface area contributed by atoms with Crippen molar-refractivity contribution in [3.8, 4) is 6.07 Å². The van der Waals surface area contributed by atoms with Gasteiger partial charge in [0.25, 0.3) is 0 Å². The highest BCUT2D eigenvalue weighted by atomic mass is 35.5. The van der Waals surface area contributed by atoms with Gasteiger partial charge in [-0.2, -0.15) is 5.26 Å². The monoisotopic (exact) mass is 209 g/mol. The second kappa shape index (κ2) is 10.5. The Morgan fingerprint density at radius 1 is 1.46 bits per heavy atom. The Morgan fingerprint density at radius 3 is 2.23 bits per heavy atom. The first kappa shape index (κ1) is 14.1. The van der Waals surface area contributed by atoms with Crippen molar-refractivity contribution in [2.45, 2.75) is 12.8 Å². The second-order valence-electron chi connectivity index (χ2n) is 1.63. The first-order valence-corrected chi connectivity index (χ1v) is 3.49. The topological polar surface area (TPSA) is 108 Å². The molecule has 0 saturated carbocycles. The summed E-state index contributed by atoms with van der Waals surface area (Å²) >= 11 is 4.81. The van der Waals surface area contributed by atoms with Gasteiger partial charge in [0.05, 0.1) is 12.7 Å². The minimum Gasteiger partial charge on any atom is -0.454 e. The summed E-state index contributed by atoms with van der Waals surface area (Å²) in [5, 5.41) is 22.0. The Balaban J connectivity index is 0. The lowest BCUT2D eigenvalue weighted by atomic mass is 10.4. The van der Waals surface area contributed by atoms with E-state index in [0.717, 1.165) is 0 Å². The summed E-state index contributed by atoms with van der Waals surface area (Å²) in [4.78, 5) is 18.4. The quantitative estimate of drug-likeness (QED) is 0.543. The fourth-order valence-corrected chi connectivity index (χ4v) is 0.381. The van der Waals surface area contributed by atoms with Crippen LogP contribution < -0.4 is 0 Å². The Hall–Kier alpha value is -1.48. The molecule has 0 heterocycles. The lowest BCUT2D eigenvalue weighted by Gasteiger charge is -1.93. The van der Waals surface area contributed by atoms with Crippen LogP contribution in [-0.2, 0) is 4.74 Å². The van der Waals surface area contributed by atoms with Crippen LogP contribution in [0.3, 0.4) is 0 Å². The van der Waals surface area contributed by atoms with E-state index in [4.69, 9.17) is 31.9 Å². The molecule has 0 bridgehead atoms. The molecule has 0 aliphatic heterocycles. The molecule has 6 nitrogen and oxygen atoms in total. The van der Waals surface area contributed by atoms with Gasteiger partial charge < -0.3 is 14.9 Å². The van der Waals surface area contributed by atoms with Gasteiger partial charge in [-0.05, 0) is 6.42 Å². The predicted octanol–water partition coefficient (Wildman–Crippen LogP) is 1.89. The van der Waals surface area contributed by atoms with Crippen LogP contribution in [0.25, 0.3) is 0 Å². The molecule has 0 radical (unpaired) electrons. The summed E-state index contributed by atoms with van der Waals surface area (Å²) < 4.78 is 4.32. The normalized spacial score (nSPS) is 7.38. The maximum atomic E-state index is 9.87. The van der Waals surface area contributed by atoms with Crippen LogP contribution in [0.5, 0.6) is 0 Å². The van der Waals surface area contributed by atoms with E-state index in [1.165, 1.54) is 0 Å². The zero-order chi connectivity index (χ0) is 10.7. The van der Waals surface area contributed by atoms with Crippen molar-refractivity contribution in [1.82, 2.24) is 0 Å². The number of hydrogen-bond acceptors (Lipinski definition) is 4. The minimum atomic E-state index is -1.83. The van der Waals surface area contributed by atoms with E-state index < -0.39 is 11.6 Å². The highest BCUT2D eigenvalue weighted by Gasteiger charge is 1.92. The summed E-state index contributed by atoms with van der Waals surface area (Å²) in [6.45, 7) is 0.232. The molecule has 0 amide bonds. The Labute approximate surface area is 79.3 Å². The predicted molar refractivity (Wildman–Crippen MR) is 42.7 cm³/mol. The molecule has 2 N–H and O–H groups in total. The average Bonchev–Trinajstić information content (AvgIpc) is 1.97. The van der Waals surface area contributed by atoms with Gasteiger partial charge in [-0.15, -0.1) is 0 Å². The number of nitrogens with zero attached hydrogens (tertiary/aromatic N) is 1. The molecule has 0 fully saturated rings. The second-order valence-corrected chi connectivity index (χ2v) is 1.94. The Morgan fingerprint density at radius 2 is 1.92 bits per heavy atom. The highest BCUT2D eigenvalue weighted by molar-refractivity contribution is 6.61. The summed E-state index contributed by atoms with van der Waals surface area (Å²) in [6, 6.07) is 1.91. The first-order chi connectivity index (χ1) is 6.00. The minimum absolute atomic E-state index is 0.232. The Bertz CT molecular complexity index is 196. The molecular weight excluding hydrogens is 202 g/mol. The SMILES string of the molecule is N#CCCCOC(=O)Cl.O=C(O)O. The van der Waals surface area contributed by atoms with E-state index in [0.29, 0.717) is 12.8 Å². The van der Waals surface area contributed by atoms with Crippen LogP contribution in [0.4, 0.5) is 9.59 Å². The maximum Gasteiger partial charge on any atom is 0.503 e. The van der Waals surface area contributed by atoms with Crippen LogP contribution in [-0.4, -0.2) is 28.4 Å². The lowest BCUT2D eigenvalue weighted by Crippen LogP contribution is -1.95. The van der Waals surface area contributed by atoms with Crippen LogP contribution in [0.15, 0.2) is 0 Å². The van der Waals surface area contributed by atoms with E-state index in [1.54, 1.807) is 0 Å². The van der Waals surface area contributed by atoms with Gasteiger partial charge in [-0.1, -0.05) is 0 Å². The van der Waals surface area contributed by atoms with Gasteiger partial charge in [0.15, 0.2) is 0 Å². The maximum absolute atomic E-state index is 9.87. The number of carbonyl (C=O) groups excluding carboxylic acids is 1. The molecule has 0 aromatic heterocycles. The molecule has 74 valence electrons. The molecule has 0 aliphatic rings. The third-order valence-corrected chi connectivity index (χ3v) is 0.758. The van der Waals surface area contributed by atoms with Gasteiger partial charge in [0.2, 0.25) is 0 Å². The van der Waals surface area contributed by atoms with Crippen molar-refractivity contribution in [3.63, 3.8) is 0 Å². The van der Waals surface area contributed by atoms with Crippen LogP contribution in [0.1, 0.15) is 12.8 Å². The zero-order valence-electron chi connectivity index (χ0n) is 6.57. The van der Waals surface area contributed by atoms with Crippen molar-refractivity contribution in [3.05, 3.63) is 0 Å². The van der Waals surface area contributed by atoms with Gasteiger partial charge >= 0.3 is 11.6 Å². The largest absolute Gasteiger partial charge is 0.503 e. The van der Waals surface area contributed by atoms with Crippen LogP contribution in [0, 0.1) is 11.3 Å². The van der Waals surface area contributed by atoms with Gasteiger partial charge in [-0.25, -0.2) is 9.59 Å². The Kier molecular flexibility index (Phi) is 11.4. The third-order valence-electron chi connectivity index (χ3n) is 0.648. The van der Waals surface area contributed by atoms with E-state index in [2.05, 4.69) is 4.74 Å². The average molecular weight is 210 g/mol. The van der Waals surface area contributed by atoms with E-state index in [9.17, 15) is 4.79 Å².